The van der Waals surface area contributed by atoms with Crippen molar-refractivity contribution in [1.29, 1.82) is 0 Å². The van der Waals surface area contributed by atoms with Crippen LogP contribution in [0.3, 0.4) is 0 Å². The first-order valence-corrected chi connectivity index (χ1v) is 10.2. The zero-order valence-corrected chi connectivity index (χ0v) is 17.1. The van der Waals surface area contributed by atoms with Crippen LogP contribution in [0.15, 0.2) is 48.5 Å². The van der Waals surface area contributed by atoms with Gasteiger partial charge in [-0.05, 0) is 42.2 Å². The Morgan fingerprint density at radius 1 is 1.10 bits per heavy atom. The summed E-state index contributed by atoms with van der Waals surface area (Å²) in [5.41, 5.74) is 2.04. The molecular formula is C22H25FN6O. The van der Waals surface area contributed by atoms with Crippen molar-refractivity contribution in [2.75, 3.05) is 23.3 Å². The number of rotatable bonds is 6. The van der Waals surface area contributed by atoms with Gasteiger partial charge in [-0.25, -0.2) is 4.39 Å². The Labute approximate surface area is 174 Å². The number of nitrogens with one attached hydrogen (secondary N) is 1. The molecule has 8 heteroatoms. The lowest BCUT2D eigenvalue weighted by Gasteiger charge is -2.21. The first-order chi connectivity index (χ1) is 14.5. The molecule has 0 bridgehead atoms. The van der Waals surface area contributed by atoms with E-state index < -0.39 is 6.04 Å². The van der Waals surface area contributed by atoms with Crippen LogP contribution in [0.5, 0.6) is 0 Å². The van der Waals surface area contributed by atoms with Crippen molar-refractivity contribution >= 4 is 17.3 Å². The smallest absolute Gasteiger partial charge is 0.251 e. The maximum absolute atomic E-state index is 14.2. The van der Waals surface area contributed by atoms with Crippen molar-refractivity contribution in [2.24, 2.45) is 5.92 Å². The number of anilines is 2. The minimum absolute atomic E-state index is 0.0885. The third-order valence-electron chi connectivity index (χ3n) is 5.23. The SMILES string of the molecule is CC(C)C(C(=O)Nc1cc(F)cc(N2CCCC2)c1)n1nnc(-c2ccccc2)n1. The Kier molecular flexibility index (Phi) is 5.74. The Morgan fingerprint density at radius 3 is 2.53 bits per heavy atom. The molecule has 0 spiro atoms. The van der Waals surface area contributed by atoms with E-state index in [1.54, 1.807) is 0 Å². The first-order valence-electron chi connectivity index (χ1n) is 10.2. The number of carbonyl (C=O) groups is 1. The summed E-state index contributed by atoms with van der Waals surface area (Å²) in [5.74, 6) is -0.313. The number of tetrazole rings is 1. The maximum atomic E-state index is 14.2. The molecule has 1 amide bonds. The van der Waals surface area contributed by atoms with Crippen LogP contribution in [0.1, 0.15) is 32.7 Å². The quantitative estimate of drug-likeness (QED) is 0.669. The topological polar surface area (TPSA) is 75.9 Å². The molecule has 1 atom stereocenters. The summed E-state index contributed by atoms with van der Waals surface area (Å²) in [6.45, 7) is 5.63. The van der Waals surface area contributed by atoms with E-state index in [4.69, 9.17) is 0 Å². The fourth-order valence-electron chi connectivity index (χ4n) is 3.74. The molecule has 1 aliphatic heterocycles. The van der Waals surface area contributed by atoms with E-state index in [9.17, 15) is 9.18 Å². The third-order valence-corrected chi connectivity index (χ3v) is 5.23. The molecule has 7 nitrogen and oxygen atoms in total. The van der Waals surface area contributed by atoms with E-state index in [-0.39, 0.29) is 17.6 Å². The summed E-state index contributed by atoms with van der Waals surface area (Å²) in [6, 6.07) is 13.5. The summed E-state index contributed by atoms with van der Waals surface area (Å²) in [5, 5.41) is 15.5. The van der Waals surface area contributed by atoms with Crippen LogP contribution in [0.2, 0.25) is 0 Å². The second kappa shape index (κ2) is 8.61. The molecule has 1 N–H and O–H groups in total. The zero-order chi connectivity index (χ0) is 21.1. The lowest BCUT2D eigenvalue weighted by Crippen LogP contribution is -2.31. The normalized spacial score (nSPS) is 14.9. The number of hydrogen-bond acceptors (Lipinski definition) is 5. The molecule has 0 radical (unpaired) electrons. The van der Waals surface area contributed by atoms with Crippen molar-refractivity contribution < 1.29 is 9.18 Å². The summed E-state index contributed by atoms with van der Waals surface area (Å²) >= 11 is 0. The van der Waals surface area contributed by atoms with Gasteiger partial charge in [-0.1, -0.05) is 44.2 Å². The molecule has 1 fully saturated rings. The van der Waals surface area contributed by atoms with E-state index in [2.05, 4.69) is 25.6 Å². The van der Waals surface area contributed by atoms with Crippen molar-refractivity contribution in [2.45, 2.75) is 32.7 Å². The molecule has 0 saturated carbocycles. The molecule has 0 aliphatic carbocycles. The molecule has 1 aliphatic rings. The number of hydrogen-bond donors (Lipinski definition) is 1. The first kappa shape index (κ1) is 20.0. The zero-order valence-electron chi connectivity index (χ0n) is 17.1. The standard InChI is InChI=1S/C22H25FN6O/c1-15(2)20(29-26-21(25-27-29)16-8-4-3-5-9-16)22(30)24-18-12-17(23)13-19(14-18)28-10-6-7-11-28/h3-5,8-9,12-15,20H,6-7,10-11H2,1-2H3,(H,24,30). The summed E-state index contributed by atoms with van der Waals surface area (Å²) < 4.78 is 14.2. The van der Waals surface area contributed by atoms with Gasteiger partial charge >= 0.3 is 0 Å². The Bertz CT molecular complexity index is 1010. The second-order valence-corrected chi connectivity index (χ2v) is 7.87. The number of carbonyl (C=O) groups excluding carboxylic acids is 1. The van der Waals surface area contributed by atoms with Gasteiger partial charge in [-0.3, -0.25) is 4.79 Å². The highest BCUT2D eigenvalue weighted by Crippen LogP contribution is 2.27. The van der Waals surface area contributed by atoms with Gasteiger partial charge in [0.2, 0.25) is 5.82 Å². The predicted molar refractivity (Wildman–Crippen MR) is 114 cm³/mol. The van der Waals surface area contributed by atoms with Gasteiger partial charge < -0.3 is 10.2 Å². The third kappa shape index (κ3) is 4.32. The maximum Gasteiger partial charge on any atom is 0.251 e. The van der Waals surface area contributed by atoms with Crippen LogP contribution in [0, 0.1) is 11.7 Å². The van der Waals surface area contributed by atoms with Crippen LogP contribution in [0.4, 0.5) is 15.8 Å². The second-order valence-electron chi connectivity index (χ2n) is 7.87. The lowest BCUT2D eigenvalue weighted by molar-refractivity contribution is -0.121. The average Bonchev–Trinajstić information content (AvgIpc) is 3.41. The van der Waals surface area contributed by atoms with E-state index in [0.717, 1.165) is 37.2 Å². The predicted octanol–water partition coefficient (Wildman–Crippen LogP) is 3.92. The van der Waals surface area contributed by atoms with E-state index >= 15 is 0 Å². The fourth-order valence-corrected chi connectivity index (χ4v) is 3.74. The van der Waals surface area contributed by atoms with Gasteiger partial charge in [0.25, 0.3) is 5.91 Å². The summed E-state index contributed by atoms with van der Waals surface area (Å²) in [6.07, 6.45) is 2.19. The number of benzene rings is 2. The summed E-state index contributed by atoms with van der Waals surface area (Å²) in [7, 11) is 0. The fraction of sp³-hybridized carbons (Fsp3) is 0.364. The molecule has 3 aromatic rings. The van der Waals surface area contributed by atoms with Crippen LogP contribution in [0.25, 0.3) is 11.4 Å². The highest BCUT2D eigenvalue weighted by Gasteiger charge is 2.28. The number of nitrogens with zero attached hydrogens (tertiary/aromatic N) is 5. The summed E-state index contributed by atoms with van der Waals surface area (Å²) in [4.78, 5) is 16.5. The van der Waals surface area contributed by atoms with Gasteiger partial charge in [0.1, 0.15) is 5.82 Å². The molecule has 1 aromatic heterocycles. The van der Waals surface area contributed by atoms with Crippen LogP contribution in [-0.2, 0) is 4.79 Å². The van der Waals surface area contributed by atoms with Crippen LogP contribution in [-0.4, -0.2) is 39.2 Å². The lowest BCUT2D eigenvalue weighted by atomic mass is 10.0. The van der Waals surface area contributed by atoms with E-state index in [1.807, 2.05) is 50.2 Å². The largest absolute Gasteiger partial charge is 0.371 e. The highest BCUT2D eigenvalue weighted by atomic mass is 19.1. The van der Waals surface area contributed by atoms with Gasteiger partial charge in [-0.15, -0.1) is 10.2 Å². The van der Waals surface area contributed by atoms with Crippen molar-refractivity contribution in [3.8, 4) is 11.4 Å². The van der Waals surface area contributed by atoms with Crippen molar-refractivity contribution in [3.05, 3.63) is 54.3 Å². The Morgan fingerprint density at radius 2 is 1.83 bits per heavy atom. The minimum Gasteiger partial charge on any atom is -0.371 e. The number of halogens is 1. The average molecular weight is 408 g/mol. The molecular weight excluding hydrogens is 383 g/mol. The molecule has 2 aromatic carbocycles. The van der Waals surface area contributed by atoms with Gasteiger partial charge in [0.15, 0.2) is 6.04 Å². The molecule has 4 rings (SSSR count). The van der Waals surface area contributed by atoms with E-state index in [0.29, 0.717) is 11.5 Å². The Balaban J connectivity index is 1.56. The molecule has 30 heavy (non-hydrogen) atoms. The molecule has 156 valence electrons. The highest BCUT2D eigenvalue weighted by molar-refractivity contribution is 5.94. The minimum atomic E-state index is -0.673. The number of aromatic nitrogens is 4. The van der Waals surface area contributed by atoms with Gasteiger partial charge in [-0.2, -0.15) is 4.80 Å². The Hall–Kier alpha value is -3.29. The monoisotopic (exact) mass is 408 g/mol. The van der Waals surface area contributed by atoms with Crippen molar-refractivity contribution in [3.63, 3.8) is 0 Å². The van der Waals surface area contributed by atoms with E-state index in [1.165, 1.54) is 16.9 Å². The van der Waals surface area contributed by atoms with Crippen LogP contribution < -0.4 is 10.2 Å². The van der Waals surface area contributed by atoms with Crippen LogP contribution >= 0.6 is 0 Å². The van der Waals surface area contributed by atoms with Gasteiger partial charge in [0, 0.05) is 30.0 Å². The van der Waals surface area contributed by atoms with Crippen molar-refractivity contribution in [1.82, 2.24) is 20.2 Å². The molecule has 1 unspecified atom stereocenters. The molecule has 2 heterocycles. The molecule has 1 saturated heterocycles. The van der Waals surface area contributed by atoms with Gasteiger partial charge in [0.05, 0.1) is 0 Å². The number of amides is 1.